The zero-order chi connectivity index (χ0) is 31.6. The van der Waals surface area contributed by atoms with Crippen molar-refractivity contribution >= 4 is 31.3 Å². The van der Waals surface area contributed by atoms with Gasteiger partial charge in [0.1, 0.15) is 0 Å². The van der Waals surface area contributed by atoms with Crippen LogP contribution in [0.2, 0.25) is 0 Å². The molecule has 0 saturated heterocycles. The minimum absolute atomic E-state index is 0.562. The van der Waals surface area contributed by atoms with Gasteiger partial charge in [0.05, 0.1) is 24.4 Å². The van der Waals surface area contributed by atoms with E-state index in [-0.39, 0.29) is 0 Å². The molecule has 1 fully saturated rings. The van der Waals surface area contributed by atoms with Gasteiger partial charge >= 0.3 is 31.3 Å². The second-order valence-electron chi connectivity index (χ2n) is 7.44. The molecule has 4 atom stereocenters. The Kier molecular flexibility index (Phi) is 22.2. The van der Waals surface area contributed by atoms with Gasteiger partial charge in [-0.05, 0) is 26.7 Å². The topological polar surface area (TPSA) is 179 Å². The minimum atomic E-state index is -3.62. The van der Waals surface area contributed by atoms with Crippen molar-refractivity contribution in [3.63, 3.8) is 0 Å². The van der Waals surface area contributed by atoms with Crippen LogP contribution in [0.25, 0.3) is 0 Å². The van der Waals surface area contributed by atoms with Gasteiger partial charge in [-0.3, -0.25) is 54.3 Å². The average Bonchev–Trinajstić information content (AvgIpc) is 2.99. The van der Waals surface area contributed by atoms with Crippen LogP contribution in [0.1, 0.15) is 39.5 Å². The van der Waals surface area contributed by atoms with Gasteiger partial charge in [-0.2, -0.15) is 0 Å². The molecule has 2 unspecified atom stereocenters. The molecule has 1 rings (SSSR count). The summed E-state index contributed by atoms with van der Waals surface area (Å²) in [5, 5.41) is 0. The van der Waals surface area contributed by atoms with E-state index in [4.69, 9.17) is 36.2 Å². The van der Waals surface area contributed by atoms with Crippen molar-refractivity contribution < 1.29 is 72.5 Å². The zero-order valence-electron chi connectivity index (χ0n) is 24.9. The van der Waals surface area contributed by atoms with Gasteiger partial charge in [0.2, 0.25) is 0 Å². The van der Waals surface area contributed by atoms with Crippen molar-refractivity contribution in [2.45, 2.75) is 63.9 Å². The Hall–Kier alpha value is 0.180. The molecule has 1 saturated carbocycles. The van der Waals surface area contributed by atoms with Crippen LogP contribution >= 0.6 is 31.3 Å². The molecule has 0 aromatic heterocycles. The lowest BCUT2D eigenvalue weighted by Crippen LogP contribution is -2.34. The summed E-state index contributed by atoms with van der Waals surface area (Å²) in [6.45, 7) is 9.12. The highest BCUT2D eigenvalue weighted by atomic mass is 31.2. The predicted octanol–water partition coefficient (Wildman–Crippen LogP) is 6.53. The highest BCUT2D eigenvalue weighted by molar-refractivity contribution is 7.49. The van der Waals surface area contributed by atoms with E-state index in [1.54, 1.807) is 13.8 Å². The molecule has 0 spiro atoms. The lowest BCUT2D eigenvalue weighted by Gasteiger charge is -2.33. The highest BCUT2D eigenvalue weighted by Gasteiger charge is 2.39. The van der Waals surface area contributed by atoms with Crippen LogP contribution in [0.5, 0.6) is 0 Å². The van der Waals surface area contributed by atoms with Crippen molar-refractivity contribution in [3.05, 3.63) is 13.2 Å². The molecule has 0 bridgehead atoms. The standard InChI is InChI=1S/C10H22O8P2.C8H20O8P2.C2H4/c1-13-19(11,14-2)17-9-7-5-6-8-10(9)18-20(12,15-3)16-4;1-7(15-17(9,11-3)12-4)8(2)16-18(10,13-5)14-6;1-2/h9-10H,5-8H2,1-4H3;7-8H,1-6H3;1-2H2/t;7-,8+;. The van der Waals surface area contributed by atoms with Crippen molar-refractivity contribution in [2.24, 2.45) is 0 Å². The summed E-state index contributed by atoms with van der Waals surface area (Å²) in [6.07, 6.45) is 0.388. The van der Waals surface area contributed by atoms with Crippen LogP contribution < -0.4 is 0 Å². The third-order valence-electron chi connectivity index (χ3n) is 5.21. The van der Waals surface area contributed by atoms with E-state index in [0.29, 0.717) is 12.8 Å². The third-order valence-corrected chi connectivity index (χ3v) is 11.0. The maximum Gasteiger partial charge on any atom is 0.474 e. The van der Waals surface area contributed by atoms with Crippen LogP contribution in [0.4, 0.5) is 0 Å². The number of phosphoric acid groups is 4. The first kappa shape index (κ1) is 42.3. The van der Waals surface area contributed by atoms with Gasteiger partial charge in [0.25, 0.3) is 0 Å². The third kappa shape index (κ3) is 15.1. The smallest absolute Gasteiger partial charge is 0.290 e. The molecule has 242 valence electrons. The van der Waals surface area contributed by atoms with Crippen LogP contribution in [0.15, 0.2) is 13.2 Å². The Bertz CT molecular complexity index is 773. The van der Waals surface area contributed by atoms with E-state index in [1.165, 1.54) is 56.9 Å². The summed E-state index contributed by atoms with van der Waals surface area (Å²) in [5.41, 5.74) is 0. The molecule has 0 amide bonds. The van der Waals surface area contributed by atoms with Gasteiger partial charge in [0.15, 0.2) is 0 Å². The Labute approximate surface area is 238 Å². The average molecular weight is 666 g/mol. The van der Waals surface area contributed by atoms with Crippen LogP contribution in [-0.4, -0.2) is 81.3 Å². The normalized spacial score (nSPS) is 19.9. The van der Waals surface area contributed by atoms with E-state index in [9.17, 15) is 18.3 Å². The molecule has 0 aliphatic heterocycles. The molecule has 1 aliphatic rings. The number of phosphoric ester groups is 4. The quantitative estimate of drug-likeness (QED) is 0.121. The molecule has 0 heterocycles. The second kappa shape index (κ2) is 21.0. The van der Waals surface area contributed by atoms with Gasteiger partial charge < -0.3 is 0 Å². The Morgan fingerprint density at radius 2 is 0.725 bits per heavy atom. The fourth-order valence-electron chi connectivity index (χ4n) is 2.86. The monoisotopic (exact) mass is 666 g/mol. The van der Waals surface area contributed by atoms with Gasteiger partial charge in [-0.1, -0.05) is 12.8 Å². The summed E-state index contributed by atoms with van der Waals surface area (Å²) in [4.78, 5) is 0. The summed E-state index contributed by atoms with van der Waals surface area (Å²) in [6, 6.07) is 0. The lowest BCUT2D eigenvalue weighted by molar-refractivity contribution is -0.0190. The van der Waals surface area contributed by atoms with Crippen molar-refractivity contribution in [1.82, 2.24) is 0 Å². The fraction of sp³-hybridized carbons (Fsp3) is 0.900. The SMILES string of the molecule is C=C.COP(=O)(OC)OC1CCCCC1OP(=O)(OC)OC.COP(=O)(OC)O[C@@H](C)[C@@H](C)OP(=O)(OC)OC. The molecule has 20 heteroatoms. The van der Waals surface area contributed by atoms with E-state index in [2.05, 4.69) is 31.3 Å². The van der Waals surface area contributed by atoms with Gasteiger partial charge in [-0.25, -0.2) is 18.3 Å². The first-order valence-corrected chi connectivity index (χ1v) is 17.6. The zero-order valence-corrected chi connectivity index (χ0v) is 28.5. The fourth-order valence-corrected chi connectivity index (χ4v) is 6.44. The van der Waals surface area contributed by atoms with E-state index < -0.39 is 55.7 Å². The molecule has 16 nitrogen and oxygen atoms in total. The van der Waals surface area contributed by atoms with Crippen LogP contribution in [-0.2, 0) is 72.5 Å². The summed E-state index contributed by atoms with van der Waals surface area (Å²) in [7, 11) is -4.79. The Morgan fingerprint density at radius 3 is 0.925 bits per heavy atom. The second-order valence-corrected chi connectivity index (χ2v) is 14.8. The Balaban J connectivity index is 0. The van der Waals surface area contributed by atoms with Gasteiger partial charge in [-0.15, -0.1) is 13.2 Å². The summed E-state index contributed by atoms with van der Waals surface area (Å²) < 4.78 is 106. The molecule has 0 aromatic rings. The number of rotatable bonds is 17. The number of hydrogen-bond acceptors (Lipinski definition) is 16. The first-order valence-electron chi connectivity index (χ1n) is 11.8. The van der Waals surface area contributed by atoms with E-state index in [0.717, 1.165) is 12.8 Å². The largest absolute Gasteiger partial charge is 0.474 e. The molecule has 40 heavy (non-hydrogen) atoms. The minimum Gasteiger partial charge on any atom is -0.290 e. The molecular formula is C20H46O16P4. The van der Waals surface area contributed by atoms with Gasteiger partial charge in [0, 0.05) is 56.9 Å². The maximum atomic E-state index is 12.0. The first-order chi connectivity index (χ1) is 18.7. The predicted molar refractivity (Wildman–Crippen MR) is 147 cm³/mol. The molecule has 0 aromatic carbocycles. The molecule has 0 radical (unpaired) electrons. The Morgan fingerprint density at radius 1 is 0.500 bits per heavy atom. The summed E-state index contributed by atoms with van der Waals surface area (Å²) >= 11 is 0. The van der Waals surface area contributed by atoms with Crippen molar-refractivity contribution in [3.8, 4) is 0 Å². The van der Waals surface area contributed by atoms with Crippen LogP contribution in [0.3, 0.4) is 0 Å². The lowest BCUT2D eigenvalue weighted by atomic mass is 9.95. The maximum absolute atomic E-state index is 12.0. The summed E-state index contributed by atoms with van der Waals surface area (Å²) in [5.74, 6) is 0. The van der Waals surface area contributed by atoms with Crippen molar-refractivity contribution in [2.75, 3.05) is 56.9 Å². The molecule has 0 N–H and O–H groups in total. The molecule has 1 aliphatic carbocycles. The number of hydrogen-bond donors (Lipinski definition) is 0. The van der Waals surface area contributed by atoms with Crippen LogP contribution in [0, 0.1) is 0 Å². The highest BCUT2D eigenvalue weighted by Crippen LogP contribution is 2.55. The van der Waals surface area contributed by atoms with E-state index >= 15 is 0 Å². The van der Waals surface area contributed by atoms with E-state index in [1.807, 2.05) is 0 Å². The molecular weight excluding hydrogens is 620 g/mol. The van der Waals surface area contributed by atoms with Crippen molar-refractivity contribution in [1.29, 1.82) is 0 Å².